The number of nitrogens with two attached hydrogens (primary N) is 1. The highest BCUT2D eigenvalue weighted by Crippen LogP contribution is 2.05. The van der Waals surface area contributed by atoms with Crippen molar-refractivity contribution >= 4 is 17.6 Å². The second-order valence-corrected chi connectivity index (χ2v) is 3.88. The van der Waals surface area contributed by atoms with Crippen LogP contribution in [0.5, 0.6) is 0 Å². The predicted molar refractivity (Wildman–Crippen MR) is 56.5 cm³/mol. The highest BCUT2D eigenvalue weighted by Gasteiger charge is 1.94. The van der Waals surface area contributed by atoms with Crippen molar-refractivity contribution in [2.45, 2.75) is 19.3 Å². The van der Waals surface area contributed by atoms with Gasteiger partial charge in [-0.2, -0.15) is 11.8 Å². The molecule has 0 unspecified atom stereocenters. The maximum Gasteiger partial charge on any atom is 0.139 e. The molecule has 0 radical (unpaired) electrons. The van der Waals surface area contributed by atoms with Gasteiger partial charge in [-0.15, -0.1) is 0 Å². The molecule has 4 nitrogen and oxygen atoms in total. The van der Waals surface area contributed by atoms with Crippen LogP contribution < -0.4 is 5.73 Å². The van der Waals surface area contributed by atoms with Crippen LogP contribution in [0.1, 0.15) is 19.3 Å². The Kier molecular flexibility index (Phi) is 9.35. The van der Waals surface area contributed by atoms with E-state index in [9.17, 15) is 0 Å². The second kappa shape index (κ2) is 9.67. The fourth-order valence-corrected chi connectivity index (χ4v) is 1.70. The molecule has 0 saturated carbocycles. The van der Waals surface area contributed by atoms with Gasteiger partial charge in [0.2, 0.25) is 0 Å². The van der Waals surface area contributed by atoms with E-state index in [4.69, 9.17) is 15.7 Å². The van der Waals surface area contributed by atoms with Crippen LogP contribution in [0.25, 0.3) is 0 Å². The summed E-state index contributed by atoms with van der Waals surface area (Å²) >= 11 is 1.87. The molecule has 0 bridgehead atoms. The minimum absolute atomic E-state index is 0.321. The normalized spacial score (nSPS) is 11.9. The number of hydrogen-bond donors (Lipinski definition) is 2. The van der Waals surface area contributed by atoms with Crippen LogP contribution in [-0.4, -0.2) is 36.3 Å². The predicted octanol–water partition coefficient (Wildman–Crippen LogP) is 1.28. The number of ether oxygens (including phenoxy) is 1. The largest absolute Gasteiger partial charge is 0.409 e. The van der Waals surface area contributed by atoms with Crippen molar-refractivity contribution < 1.29 is 9.94 Å². The van der Waals surface area contributed by atoms with Crippen molar-refractivity contribution in [3.05, 3.63) is 0 Å². The first-order valence-corrected chi connectivity index (χ1v) is 5.49. The third-order valence-electron chi connectivity index (χ3n) is 1.53. The molecule has 0 aliphatic carbocycles. The third-order valence-corrected chi connectivity index (χ3v) is 2.56. The summed E-state index contributed by atoms with van der Waals surface area (Å²) in [5.41, 5.74) is 5.31. The molecule has 0 heterocycles. The van der Waals surface area contributed by atoms with Crippen molar-refractivity contribution in [3.8, 4) is 0 Å². The summed E-state index contributed by atoms with van der Waals surface area (Å²) in [5, 5.41) is 11.2. The second-order valence-electron chi connectivity index (χ2n) is 2.65. The van der Waals surface area contributed by atoms with Gasteiger partial charge < -0.3 is 15.7 Å². The molecular weight excluding hydrogens is 188 g/mol. The SMILES string of the molecule is COCCSCCCCC(N)=NO. The summed E-state index contributed by atoms with van der Waals surface area (Å²) in [4.78, 5) is 0. The number of methoxy groups -OCH3 is 1. The molecule has 0 spiro atoms. The molecule has 0 rings (SSSR count). The van der Waals surface area contributed by atoms with Gasteiger partial charge in [-0.05, 0) is 18.6 Å². The van der Waals surface area contributed by atoms with Gasteiger partial charge in [0, 0.05) is 19.3 Å². The molecule has 0 aromatic heterocycles. The first kappa shape index (κ1) is 12.6. The molecule has 0 aromatic rings. The molecule has 5 heteroatoms. The van der Waals surface area contributed by atoms with E-state index >= 15 is 0 Å². The number of oxime groups is 1. The molecule has 0 aliphatic heterocycles. The van der Waals surface area contributed by atoms with E-state index in [1.165, 1.54) is 0 Å². The van der Waals surface area contributed by atoms with Crippen LogP contribution in [0.15, 0.2) is 5.16 Å². The van der Waals surface area contributed by atoms with Crippen molar-refractivity contribution in [1.82, 2.24) is 0 Å². The molecule has 3 N–H and O–H groups in total. The van der Waals surface area contributed by atoms with Crippen LogP contribution in [0.4, 0.5) is 0 Å². The molecule has 0 atom stereocenters. The summed E-state index contributed by atoms with van der Waals surface area (Å²) in [5.74, 6) is 2.48. The van der Waals surface area contributed by atoms with Crippen LogP contribution in [0, 0.1) is 0 Å². The first-order chi connectivity index (χ1) is 6.31. The lowest BCUT2D eigenvalue weighted by atomic mass is 10.2. The zero-order valence-corrected chi connectivity index (χ0v) is 8.85. The molecule has 0 aromatic carbocycles. The van der Waals surface area contributed by atoms with Crippen LogP contribution >= 0.6 is 11.8 Å². The Labute approximate surface area is 83.5 Å². The van der Waals surface area contributed by atoms with Gasteiger partial charge in [-0.25, -0.2) is 0 Å². The number of rotatable bonds is 8. The number of unbranched alkanes of at least 4 members (excludes halogenated alkanes) is 1. The Morgan fingerprint density at radius 2 is 2.23 bits per heavy atom. The van der Waals surface area contributed by atoms with E-state index in [1.54, 1.807) is 7.11 Å². The lowest BCUT2D eigenvalue weighted by Crippen LogP contribution is -2.10. The highest BCUT2D eigenvalue weighted by molar-refractivity contribution is 7.99. The zero-order chi connectivity index (χ0) is 9.94. The Morgan fingerprint density at radius 1 is 1.46 bits per heavy atom. The zero-order valence-electron chi connectivity index (χ0n) is 8.03. The van der Waals surface area contributed by atoms with Gasteiger partial charge in [0.1, 0.15) is 5.84 Å². The Morgan fingerprint density at radius 3 is 2.85 bits per heavy atom. The Bertz CT molecular complexity index is 142. The molecule has 0 aliphatic rings. The fourth-order valence-electron chi connectivity index (χ4n) is 0.805. The summed E-state index contributed by atoms with van der Waals surface area (Å²) < 4.78 is 4.91. The van der Waals surface area contributed by atoms with E-state index in [2.05, 4.69) is 5.16 Å². The van der Waals surface area contributed by atoms with Crippen molar-refractivity contribution in [1.29, 1.82) is 0 Å². The Hall–Kier alpha value is -0.420. The number of hydrogen-bond acceptors (Lipinski definition) is 4. The number of thioether (sulfide) groups is 1. The first-order valence-electron chi connectivity index (χ1n) is 4.34. The third kappa shape index (κ3) is 9.49. The van der Waals surface area contributed by atoms with Gasteiger partial charge in [0.25, 0.3) is 0 Å². The van der Waals surface area contributed by atoms with E-state index in [0.717, 1.165) is 31.0 Å². The molecular formula is C8H18N2O2S. The average Bonchev–Trinajstić information content (AvgIpc) is 2.16. The summed E-state index contributed by atoms with van der Waals surface area (Å²) in [6.07, 6.45) is 2.77. The van der Waals surface area contributed by atoms with Crippen molar-refractivity contribution in [2.24, 2.45) is 10.9 Å². The van der Waals surface area contributed by atoms with Gasteiger partial charge in [-0.1, -0.05) is 5.16 Å². The van der Waals surface area contributed by atoms with E-state index in [-0.39, 0.29) is 0 Å². The highest BCUT2D eigenvalue weighted by atomic mass is 32.2. The number of nitrogens with zero attached hydrogens (tertiary/aromatic N) is 1. The average molecular weight is 206 g/mol. The lowest BCUT2D eigenvalue weighted by Gasteiger charge is -2.00. The minimum atomic E-state index is 0.321. The molecule has 13 heavy (non-hydrogen) atoms. The van der Waals surface area contributed by atoms with E-state index < -0.39 is 0 Å². The maximum absolute atomic E-state index is 8.25. The van der Waals surface area contributed by atoms with Crippen LogP contribution in [0.3, 0.4) is 0 Å². The maximum atomic E-state index is 8.25. The summed E-state index contributed by atoms with van der Waals surface area (Å²) in [6, 6.07) is 0. The quantitative estimate of drug-likeness (QED) is 0.206. The molecule has 0 amide bonds. The van der Waals surface area contributed by atoms with Crippen molar-refractivity contribution in [3.63, 3.8) is 0 Å². The minimum Gasteiger partial charge on any atom is -0.409 e. The standard InChI is InChI=1S/C8H18N2O2S/c1-12-5-7-13-6-3-2-4-8(9)10-11/h11H,2-7H2,1H3,(H2,9,10). The van der Waals surface area contributed by atoms with Crippen LogP contribution in [0.2, 0.25) is 0 Å². The lowest BCUT2D eigenvalue weighted by molar-refractivity contribution is 0.218. The summed E-state index contributed by atoms with van der Waals surface area (Å²) in [6.45, 7) is 0.810. The van der Waals surface area contributed by atoms with Crippen LogP contribution in [-0.2, 0) is 4.74 Å². The number of amidine groups is 1. The van der Waals surface area contributed by atoms with Gasteiger partial charge >= 0.3 is 0 Å². The topological polar surface area (TPSA) is 67.8 Å². The molecule has 0 fully saturated rings. The monoisotopic (exact) mass is 206 g/mol. The van der Waals surface area contributed by atoms with E-state index in [0.29, 0.717) is 12.3 Å². The van der Waals surface area contributed by atoms with Gasteiger partial charge in [-0.3, -0.25) is 0 Å². The molecule has 78 valence electrons. The van der Waals surface area contributed by atoms with Gasteiger partial charge in [0.15, 0.2) is 0 Å². The van der Waals surface area contributed by atoms with Gasteiger partial charge in [0.05, 0.1) is 6.61 Å². The van der Waals surface area contributed by atoms with E-state index in [1.807, 2.05) is 11.8 Å². The van der Waals surface area contributed by atoms with Crippen molar-refractivity contribution in [2.75, 3.05) is 25.2 Å². The summed E-state index contributed by atoms with van der Waals surface area (Å²) in [7, 11) is 1.71. The molecule has 0 saturated heterocycles. The smallest absolute Gasteiger partial charge is 0.139 e. The fraction of sp³-hybridized carbons (Fsp3) is 0.875. The Balaban J connectivity index is 3.00.